The fourth-order valence-electron chi connectivity index (χ4n) is 2.17. The van der Waals surface area contributed by atoms with Crippen molar-refractivity contribution in [1.29, 1.82) is 0 Å². The van der Waals surface area contributed by atoms with E-state index in [1.165, 1.54) is 0 Å². The van der Waals surface area contributed by atoms with Gasteiger partial charge in [-0.2, -0.15) is 16.7 Å². The number of hydrogen-bond donors (Lipinski definition) is 1. The number of aryl methyl sites for hydroxylation is 1. The van der Waals surface area contributed by atoms with Crippen LogP contribution in [0.2, 0.25) is 0 Å². The van der Waals surface area contributed by atoms with E-state index >= 15 is 0 Å². The Morgan fingerprint density at radius 1 is 1.41 bits per heavy atom. The molecule has 0 saturated carbocycles. The molecule has 0 spiro atoms. The van der Waals surface area contributed by atoms with Crippen molar-refractivity contribution in [2.75, 3.05) is 12.0 Å². The smallest absolute Gasteiger partial charge is 0.325 e. The SMILES string of the molecule is CSCC[C@@H]1NC(=O)N(Cc2nc(CCC(C)C)no2)C1=O. The minimum Gasteiger partial charge on any atom is -0.337 e. The van der Waals surface area contributed by atoms with Crippen molar-refractivity contribution in [3.8, 4) is 0 Å². The number of hydrogen-bond acceptors (Lipinski definition) is 6. The molecule has 22 heavy (non-hydrogen) atoms. The topological polar surface area (TPSA) is 88.3 Å². The summed E-state index contributed by atoms with van der Waals surface area (Å²) in [7, 11) is 0. The summed E-state index contributed by atoms with van der Waals surface area (Å²) in [6.07, 6.45) is 4.30. The molecular formula is C14H22N4O3S. The highest BCUT2D eigenvalue weighted by molar-refractivity contribution is 7.98. The molecule has 7 nitrogen and oxygen atoms in total. The number of aromatic nitrogens is 2. The molecular weight excluding hydrogens is 304 g/mol. The van der Waals surface area contributed by atoms with Crippen molar-refractivity contribution >= 4 is 23.7 Å². The zero-order chi connectivity index (χ0) is 16.1. The first-order chi connectivity index (χ1) is 10.5. The number of nitrogens with zero attached hydrogens (tertiary/aromatic N) is 3. The van der Waals surface area contributed by atoms with Crippen molar-refractivity contribution in [3.63, 3.8) is 0 Å². The van der Waals surface area contributed by atoms with E-state index in [2.05, 4.69) is 29.3 Å². The quantitative estimate of drug-likeness (QED) is 0.733. The molecule has 0 radical (unpaired) electrons. The average Bonchev–Trinajstić information content (AvgIpc) is 3.03. The average molecular weight is 326 g/mol. The highest BCUT2D eigenvalue weighted by Crippen LogP contribution is 2.15. The first kappa shape index (κ1) is 16.8. The Hall–Kier alpha value is -1.57. The Morgan fingerprint density at radius 3 is 2.86 bits per heavy atom. The van der Waals surface area contributed by atoms with Gasteiger partial charge in [0.05, 0.1) is 0 Å². The van der Waals surface area contributed by atoms with E-state index in [1.54, 1.807) is 11.8 Å². The van der Waals surface area contributed by atoms with Crippen LogP contribution < -0.4 is 5.32 Å². The first-order valence-corrected chi connectivity index (χ1v) is 8.83. The summed E-state index contributed by atoms with van der Waals surface area (Å²) in [6, 6.07) is -0.832. The van der Waals surface area contributed by atoms with E-state index in [1.807, 2.05) is 6.26 Å². The van der Waals surface area contributed by atoms with Crippen LogP contribution in [0.4, 0.5) is 4.79 Å². The van der Waals surface area contributed by atoms with Gasteiger partial charge < -0.3 is 9.84 Å². The van der Waals surface area contributed by atoms with Crippen molar-refractivity contribution < 1.29 is 14.1 Å². The predicted octanol–water partition coefficient (Wildman–Crippen LogP) is 1.83. The summed E-state index contributed by atoms with van der Waals surface area (Å²) < 4.78 is 5.13. The van der Waals surface area contributed by atoms with E-state index in [0.717, 1.165) is 23.5 Å². The molecule has 0 aromatic carbocycles. The first-order valence-electron chi connectivity index (χ1n) is 7.43. The fourth-order valence-corrected chi connectivity index (χ4v) is 2.64. The molecule has 1 atom stereocenters. The van der Waals surface area contributed by atoms with E-state index in [-0.39, 0.29) is 12.5 Å². The van der Waals surface area contributed by atoms with Crippen LogP contribution in [0, 0.1) is 5.92 Å². The molecule has 1 aromatic heterocycles. The maximum atomic E-state index is 12.2. The van der Waals surface area contributed by atoms with Gasteiger partial charge in [0.15, 0.2) is 5.82 Å². The number of urea groups is 1. The van der Waals surface area contributed by atoms with Crippen LogP contribution in [0.25, 0.3) is 0 Å². The Kier molecular flexibility index (Phi) is 5.82. The summed E-state index contributed by atoms with van der Waals surface area (Å²) in [5.41, 5.74) is 0. The molecule has 1 N–H and O–H groups in total. The van der Waals surface area contributed by atoms with E-state index in [0.29, 0.717) is 24.1 Å². The van der Waals surface area contributed by atoms with Crippen LogP contribution in [0.1, 0.15) is 38.4 Å². The van der Waals surface area contributed by atoms with Crippen LogP contribution >= 0.6 is 11.8 Å². The third-order valence-corrected chi connectivity index (χ3v) is 4.11. The standard InChI is InChI=1S/C14H22N4O3S/c1-9(2)4-5-11-16-12(21-17-11)8-18-13(19)10(6-7-22-3)15-14(18)20/h9-10H,4-8H2,1-3H3,(H,15,20)/t10-/m0/s1. The Bertz CT molecular complexity index is 532. The van der Waals surface area contributed by atoms with Gasteiger partial charge >= 0.3 is 6.03 Å². The van der Waals surface area contributed by atoms with Crippen molar-refractivity contribution in [1.82, 2.24) is 20.4 Å². The lowest BCUT2D eigenvalue weighted by Crippen LogP contribution is -2.31. The van der Waals surface area contributed by atoms with Gasteiger partial charge in [0.1, 0.15) is 12.6 Å². The van der Waals surface area contributed by atoms with Gasteiger partial charge in [-0.15, -0.1) is 0 Å². The second-order valence-corrected chi connectivity index (χ2v) is 6.73. The van der Waals surface area contributed by atoms with Gasteiger partial charge in [0.25, 0.3) is 5.91 Å². The number of thioether (sulfide) groups is 1. The van der Waals surface area contributed by atoms with Gasteiger partial charge in [-0.05, 0) is 30.8 Å². The van der Waals surface area contributed by atoms with E-state index < -0.39 is 12.1 Å². The lowest BCUT2D eigenvalue weighted by Gasteiger charge is -2.09. The van der Waals surface area contributed by atoms with Crippen LogP contribution in [0.3, 0.4) is 0 Å². The number of carbonyl (C=O) groups is 2. The molecule has 8 heteroatoms. The van der Waals surface area contributed by atoms with Crippen molar-refractivity contribution in [3.05, 3.63) is 11.7 Å². The number of carbonyl (C=O) groups excluding carboxylic acids is 2. The normalized spacial score (nSPS) is 18.4. The molecule has 1 aliphatic heterocycles. The number of rotatable bonds is 8. The second kappa shape index (κ2) is 7.62. The number of nitrogens with one attached hydrogen (secondary N) is 1. The molecule has 1 fully saturated rings. The lowest BCUT2D eigenvalue weighted by molar-refractivity contribution is -0.128. The Morgan fingerprint density at radius 2 is 2.18 bits per heavy atom. The minimum absolute atomic E-state index is 0.0368. The van der Waals surface area contributed by atoms with Gasteiger partial charge in [-0.1, -0.05) is 19.0 Å². The molecule has 1 saturated heterocycles. The molecule has 0 bridgehead atoms. The van der Waals surface area contributed by atoms with Gasteiger partial charge in [0, 0.05) is 6.42 Å². The maximum Gasteiger partial charge on any atom is 0.325 e. The lowest BCUT2D eigenvalue weighted by atomic mass is 10.1. The Labute approximate surface area is 134 Å². The molecule has 3 amide bonds. The summed E-state index contributed by atoms with van der Waals surface area (Å²) >= 11 is 1.65. The van der Waals surface area contributed by atoms with E-state index in [9.17, 15) is 9.59 Å². The molecule has 0 aliphatic carbocycles. The number of amides is 3. The monoisotopic (exact) mass is 326 g/mol. The third-order valence-electron chi connectivity index (χ3n) is 3.47. The van der Waals surface area contributed by atoms with Crippen LogP contribution in [-0.4, -0.2) is 45.0 Å². The van der Waals surface area contributed by atoms with Crippen LogP contribution in [0.5, 0.6) is 0 Å². The van der Waals surface area contributed by atoms with Crippen molar-refractivity contribution in [2.24, 2.45) is 5.92 Å². The summed E-state index contributed by atoms with van der Waals surface area (Å²) in [4.78, 5) is 29.5. The highest BCUT2D eigenvalue weighted by Gasteiger charge is 2.38. The summed E-state index contributed by atoms with van der Waals surface area (Å²) in [6.45, 7) is 4.29. The zero-order valence-corrected chi connectivity index (χ0v) is 14.0. The van der Waals surface area contributed by atoms with Crippen LogP contribution in [-0.2, 0) is 17.8 Å². The van der Waals surface area contributed by atoms with E-state index in [4.69, 9.17) is 4.52 Å². The minimum atomic E-state index is -0.441. The maximum absolute atomic E-state index is 12.2. The highest BCUT2D eigenvalue weighted by atomic mass is 32.2. The molecule has 2 heterocycles. The third kappa shape index (κ3) is 4.22. The molecule has 1 aliphatic rings. The van der Waals surface area contributed by atoms with Gasteiger partial charge in [-0.3, -0.25) is 9.69 Å². The molecule has 2 rings (SSSR count). The molecule has 1 aromatic rings. The summed E-state index contributed by atoms with van der Waals surface area (Å²) in [5.74, 6) is 2.08. The van der Waals surface area contributed by atoms with Crippen molar-refractivity contribution in [2.45, 2.75) is 45.7 Å². The largest absolute Gasteiger partial charge is 0.337 e. The number of imide groups is 1. The second-order valence-electron chi connectivity index (χ2n) is 5.74. The molecule has 122 valence electrons. The zero-order valence-electron chi connectivity index (χ0n) is 13.2. The molecule has 0 unspecified atom stereocenters. The Balaban J connectivity index is 1.92. The van der Waals surface area contributed by atoms with Gasteiger partial charge in [0.2, 0.25) is 5.89 Å². The van der Waals surface area contributed by atoms with Crippen LogP contribution in [0.15, 0.2) is 4.52 Å². The predicted molar refractivity (Wildman–Crippen MR) is 83.3 cm³/mol. The van der Waals surface area contributed by atoms with Gasteiger partial charge in [-0.25, -0.2) is 4.79 Å². The fraction of sp³-hybridized carbons (Fsp3) is 0.714. The summed E-state index contributed by atoms with van der Waals surface area (Å²) in [5, 5.41) is 6.58.